The van der Waals surface area contributed by atoms with Crippen LogP contribution in [0.3, 0.4) is 0 Å². The average molecular weight is 500 g/mol. The number of nitrogens with zero attached hydrogens (tertiary/aromatic N) is 2. The van der Waals surface area contributed by atoms with Gasteiger partial charge in [0.15, 0.2) is 27.9 Å². The molecule has 0 unspecified atom stereocenters. The summed E-state index contributed by atoms with van der Waals surface area (Å²) in [5.74, 6) is 0.771. The molecule has 12 heteroatoms. The van der Waals surface area contributed by atoms with Gasteiger partial charge in [0.25, 0.3) is 0 Å². The Kier molecular flexibility index (Phi) is 7.70. The molecule has 184 valence electrons. The van der Waals surface area contributed by atoms with E-state index in [0.717, 1.165) is 0 Å². The summed E-state index contributed by atoms with van der Waals surface area (Å²) in [6.45, 7) is 4.34. The molecule has 2 aromatic carbocycles. The number of alkyl halides is 3. The highest BCUT2D eigenvalue weighted by molar-refractivity contribution is 7.91. The van der Waals surface area contributed by atoms with E-state index in [1.807, 2.05) is 13.8 Å². The van der Waals surface area contributed by atoms with Gasteiger partial charge in [0.05, 0.1) is 35.1 Å². The fraction of sp³-hybridized carbons (Fsp3) is 0.364. The van der Waals surface area contributed by atoms with Gasteiger partial charge in [-0.3, -0.25) is 0 Å². The second kappa shape index (κ2) is 10.3. The van der Waals surface area contributed by atoms with E-state index >= 15 is 0 Å². The highest BCUT2D eigenvalue weighted by Gasteiger charge is 2.29. The number of halogens is 3. The zero-order valence-corrected chi connectivity index (χ0v) is 19.6. The van der Waals surface area contributed by atoms with Gasteiger partial charge >= 0.3 is 6.18 Å². The molecular weight excluding hydrogens is 475 g/mol. The molecule has 0 radical (unpaired) electrons. The summed E-state index contributed by atoms with van der Waals surface area (Å²) < 4.78 is 79.2. The van der Waals surface area contributed by atoms with Gasteiger partial charge in [-0.1, -0.05) is 6.92 Å². The lowest BCUT2D eigenvalue weighted by Crippen LogP contribution is -2.19. The van der Waals surface area contributed by atoms with Crippen LogP contribution in [0.15, 0.2) is 41.6 Å². The highest BCUT2D eigenvalue weighted by atomic mass is 32.2. The highest BCUT2D eigenvalue weighted by Crippen LogP contribution is 2.37. The zero-order valence-electron chi connectivity index (χ0n) is 18.8. The smallest absolute Gasteiger partial charge is 0.422 e. The van der Waals surface area contributed by atoms with Crippen molar-refractivity contribution in [2.24, 2.45) is 0 Å². The van der Waals surface area contributed by atoms with Gasteiger partial charge in [0.1, 0.15) is 17.9 Å². The first-order valence-electron chi connectivity index (χ1n) is 10.5. The lowest BCUT2D eigenvalue weighted by molar-refractivity contribution is -0.153. The molecule has 0 saturated carbocycles. The number of fused-ring (bicyclic) bond motifs is 1. The number of sulfone groups is 1. The molecule has 1 aromatic heterocycles. The minimum absolute atomic E-state index is 0.00520. The fourth-order valence-corrected chi connectivity index (χ4v) is 3.99. The molecule has 8 nitrogen and oxygen atoms in total. The van der Waals surface area contributed by atoms with E-state index in [-0.39, 0.29) is 27.9 Å². The lowest BCUT2D eigenvalue weighted by Gasteiger charge is -2.17. The number of benzene rings is 2. The summed E-state index contributed by atoms with van der Waals surface area (Å²) in [6.07, 6.45) is -3.31. The van der Waals surface area contributed by atoms with Crippen LogP contribution in [0.1, 0.15) is 20.8 Å². The van der Waals surface area contributed by atoms with Gasteiger partial charge < -0.3 is 19.5 Å². The number of ether oxygens (including phenoxy) is 3. The zero-order chi connectivity index (χ0) is 24.9. The van der Waals surface area contributed by atoms with Crippen LogP contribution < -0.4 is 19.5 Å². The molecule has 0 aliphatic rings. The van der Waals surface area contributed by atoms with Crippen molar-refractivity contribution in [2.75, 3.05) is 30.9 Å². The molecule has 0 atom stereocenters. The van der Waals surface area contributed by atoms with Crippen LogP contribution in [0, 0.1) is 0 Å². The van der Waals surface area contributed by atoms with Gasteiger partial charge in [-0.05, 0) is 38.1 Å². The maximum absolute atomic E-state index is 12.8. The van der Waals surface area contributed by atoms with Crippen molar-refractivity contribution in [3.05, 3.63) is 36.7 Å². The largest absolute Gasteiger partial charge is 0.490 e. The Bertz CT molecular complexity index is 1270. The summed E-state index contributed by atoms with van der Waals surface area (Å²) in [5, 5.41) is 3.39. The monoisotopic (exact) mass is 499 g/mol. The molecule has 0 spiro atoms. The van der Waals surface area contributed by atoms with E-state index < -0.39 is 22.6 Å². The van der Waals surface area contributed by atoms with Crippen LogP contribution in [0.2, 0.25) is 0 Å². The number of nitrogens with one attached hydrogen (secondary N) is 1. The molecule has 0 bridgehead atoms. The van der Waals surface area contributed by atoms with Gasteiger partial charge in [0.2, 0.25) is 0 Å². The topological polar surface area (TPSA) is 99.6 Å². The lowest BCUT2D eigenvalue weighted by atomic mass is 10.2. The first-order chi connectivity index (χ1) is 16.1. The third kappa shape index (κ3) is 5.99. The summed E-state index contributed by atoms with van der Waals surface area (Å²) in [4.78, 5) is 8.36. The van der Waals surface area contributed by atoms with Gasteiger partial charge in [-0.15, -0.1) is 0 Å². The van der Waals surface area contributed by atoms with Crippen molar-refractivity contribution >= 4 is 32.2 Å². The Morgan fingerprint density at radius 3 is 2.21 bits per heavy atom. The van der Waals surface area contributed by atoms with Crippen molar-refractivity contribution in [1.82, 2.24) is 9.97 Å². The fourth-order valence-electron chi connectivity index (χ4n) is 3.08. The molecule has 0 saturated heterocycles. The number of aromatic nitrogens is 2. The normalized spacial score (nSPS) is 11.9. The second-order valence-corrected chi connectivity index (χ2v) is 9.27. The predicted octanol–water partition coefficient (Wildman–Crippen LogP) is 4.91. The number of hydrogen-bond acceptors (Lipinski definition) is 8. The van der Waals surface area contributed by atoms with Crippen molar-refractivity contribution in [3.8, 4) is 17.2 Å². The quantitative estimate of drug-likeness (QED) is 0.420. The first kappa shape index (κ1) is 25.3. The van der Waals surface area contributed by atoms with Crippen LogP contribution in [0.4, 0.5) is 24.7 Å². The van der Waals surface area contributed by atoms with Crippen LogP contribution >= 0.6 is 0 Å². The number of anilines is 2. The molecular formula is C22H24F3N3O5S. The molecule has 0 aliphatic carbocycles. The number of rotatable bonds is 10. The third-order valence-corrected chi connectivity index (χ3v) is 6.37. The molecule has 34 heavy (non-hydrogen) atoms. The molecule has 1 N–H and O–H groups in total. The first-order valence-corrected chi connectivity index (χ1v) is 12.1. The Hall–Kier alpha value is -3.28. The molecule has 1 heterocycles. The van der Waals surface area contributed by atoms with Gasteiger partial charge in [-0.25, -0.2) is 18.4 Å². The summed E-state index contributed by atoms with van der Waals surface area (Å²) in [7, 11) is -3.63. The van der Waals surface area contributed by atoms with E-state index in [2.05, 4.69) is 15.3 Å². The maximum Gasteiger partial charge on any atom is 0.422 e. The number of hydrogen-bond donors (Lipinski definition) is 1. The van der Waals surface area contributed by atoms with Crippen LogP contribution in [-0.2, 0) is 9.84 Å². The van der Waals surface area contributed by atoms with Crippen molar-refractivity contribution < 1.29 is 35.8 Å². The van der Waals surface area contributed by atoms with Crippen molar-refractivity contribution in [3.63, 3.8) is 0 Å². The molecule has 3 aromatic rings. The third-order valence-electron chi connectivity index (χ3n) is 4.64. The van der Waals surface area contributed by atoms with Crippen molar-refractivity contribution in [1.29, 1.82) is 0 Å². The van der Waals surface area contributed by atoms with E-state index in [1.54, 1.807) is 12.1 Å². The maximum atomic E-state index is 12.8. The summed E-state index contributed by atoms with van der Waals surface area (Å²) >= 11 is 0. The average Bonchev–Trinajstić information content (AvgIpc) is 2.78. The second-order valence-electron chi connectivity index (χ2n) is 6.99. The minimum atomic E-state index is -4.57. The van der Waals surface area contributed by atoms with Gasteiger partial charge in [0, 0.05) is 11.5 Å². The van der Waals surface area contributed by atoms with E-state index in [9.17, 15) is 21.6 Å². The predicted molar refractivity (Wildman–Crippen MR) is 121 cm³/mol. The SMILES string of the molecule is CCOc1cc2ncnc(Nc3cc(S(=O)(=O)CC)ccc3OCC(F)(F)F)c2cc1OCC. The van der Waals surface area contributed by atoms with E-state index in [1.165, 1.54) is 31.5 Å². The van der Waals surface area contributed by atoms with Crippen molar-refractivity contribution in [2.45, 2.75) is 31.8 Å². The Labute approximate surface area is 195 Å². The Balaban J connectivity index is 2.11. The Morgan fingerprint density at radius 1 is 0.912 bits per heavy atom. The minimum Gasteiger partial charge on any atom is -0.490 e. The molecule has 3 rings (SSSR count). The van der Waals surface area contributed by atoms with Gasteiger partial charge in [-0.2, -0.15) is 13.2 Å². The summed E-state index contributed by atoms with van der Waals surface area (Å²) in [6, 6.07) is 6.91. The van der Waals surface area contributed by atoms with Crippen LogP contribution in [0.25, 0.3) is 10.9 Å². The molecule has 0 amide bonds. The van der Waals surface area contributed by atoms with E-state index in [0.29, 0.717) is 35.6 Å². The van der Waals surface area contributed by atoms with Crippen LogP contribution in [0.5, 0.6) is 17.2 Å². The summed E-state index contributed by atoms with van der Waals surface area (Å²) in [5.41, 5.74) is 0.491. The van der Waals surface area contributed by atoms with Crippen LogP contribution in [-0.4, -0.2) is 50.1 Å². The standard InChI is InChI=1S/C22H24F3N3O5S/c1-4-31-19-10-15-16(11-20(19)32-5-2)26-13-27-21(15)28-17-9-14(34(29,30)6-3)7-8-18(17)33-12-22(23,24)25/h7-11,13H,4-6,12H2,1-3H3,(H,26,27,28). The molecule has 0 aliphatic heterocycles. The van der Waals surface area contributed by atoms with E-state index in [4.69, 9.17) is 14.2 Å². The Morgan fingerprint density at radius 2 is 1.59 bits per heavy atom. The molecule has 0 fully saturated rings.